The molecular weight excluding hydrogens is 162 g/mol. The standard InChI is InChI=1S/C11H17NO/c1-8(2)7-12-6-5-11(9(12)3)10(4)13/h5-6,8H,7H2,1-4H3. The molecule has 0 aliphatic rings. The first-order chi connectivity index (χ1) is 6.02. The molecule has 1 aromatic rings. The van der Waals surface area contributed by atoms with Crippen LogP contribution in [0.1, 0.15) is 36.8 Å². The van der Waals surface area contributed by atoms with Gasteiger partial charge in [0.2, 0.25) is 0 Å². The maximum Gasteiger partial charge on any atom is 0.161 e. The van der Waals surface area contributed by atoms with E-state index in [2.05, 4.69) is 18.4 Å². The van der Waals surface area contributed by atoms with Crippen LogP contribution in [0.3, 0.4) is 0 Å². The van der Waals surface area contributed by atoms with Crippen molar-refractivity contribution in [3.8, 4) is 0 Å². The molecule has 0 saturated carbocycles. The molecule has 0 aliphatic heterocycles. The van der Waals surface area contributed by atoms with Gasteiger partial charge in [-0.2, -0.15) is 0 Å². The van der Waals surface area contributed by atoms with Gasteiger partial charge in [-0.3, -0.25) is 4.79 Å². The van der Waals surface area contributed by atoms with Crippen molar-refractivity contribution in [3.05, 3.63) is 23.5 Å². The Morgan fingerprint density at radius 1 is 1.54 bits per heavy atom. The smallest absolute Gasteiger partial charge is 0.161 e. The highest BCUT2D eigenvalue weighted by Gasteiger charge is 2.08. The SMILES string of the molecule is CC(=O)c1ccn(CC(C)C)c1C. The number of carbonyl (C=O) groups is 1. The van der Waals surface area contributed by atoms with Gasteiger partial charge in [0.25, 0.3) is 0 Å². The Morgan fingerprint density at radius 2 is 2.15 bits per heavy atom. The number of Topliss-reactive ketones (excluding diaryl/α,β-unsaturated/α-hetero) is 1. The van der Waals surface area contributed by atoms with E-state index in [0.717, 1.165) is 17.8 Å². The van der Waals surface area contributed by atoms with Crippen molar-refractivity contribution in [1.29, 1.82) is 0 Å². The van der Waals surface area contributed by atoms with Crippen molar-refractivity contribution in [2.24, 2.45) is 5.92 Å². The third-order valence-electron chi connectivity index (χ3n) is 2.18. The summed E-state index contributed by atoms with van der Waals surface area (Å²) in [5, 5.41) is 0. The first-order valence-corrected chi connectivity index (χ1v) is 4.69. The molecule has 1 heterocycles. The van der Waals surface area contributed by atoms with Crippen molar-refractivity contribution in [2.75, 3.05) is 0 Å². The number of hydrogen-bond donors (Lipinski definition) is 0. The monoisotopic (exact) mass is 179 g/mol. The summed E-state index contributed by atoms with van der Waals surface area (Å²) in [6, 6.07) is 1.90. The molecule has 0 fully saturated rings. The predicted octanol–water partition coefficient (Wildman–Crippen LogP) is 2.66. The normalized spacial score (nSPS) is 10.8. The van der Waals surface area contributed by atoms with Crippen LogP contribution in [0.2, 0.25) is 0 Å². The average molecular weight is 179 g/mol. The maximum absolute atomic E-state index is 11.2. The van der Waals surface area contributed by atoms with E-state index in [4.69, 9.17) is 0 Å². The molecule has 2 heteroatoms. The first kappa shape index (κ1) is 10.0. The molecule has 0 N–H and O–H groups in total. The minimum atomic E-state index is 0.153. The van der Waals surface area contributed by atoms with Gasteiger partial charge >= 0.3 is 0 Å². The van der Waals surface area contributed by atoms with Crippen molar-refractivity contribution < 1.29 is 4.79 Å². The van der Waals surface area contributed by atoms with Gasteiger partial charge in [0, 0.05) is 24.0 Å². The molecule has 1 aromatic heterocycles. The molecule has 13 heavy (non-hydrogen) atoms. The molecule has 1 rings (SSSR count). The largest absolute Gasteiger partial charge is 0.351 e. The topological polar surface area (TPSA) is 22.0 Å². The number of hydrogen-bond acceptors (Lipinski definition) is 1. The lowest BCUT2D eigenvalue weighted by atomic mass is 10.2. The molecule has 2 nitrogen and oxygen atoms in total. The quantitative estimate of drug-likeness (QED) is 0.654. The summed E-state index contributed by atoms with van der Waals surface area (Å²) >= 11 is 0. The number of aromatic nitrogens is 1. The van der Waals surface area contributed by atoms with E-state index >= 15 is 0 Å². The van der Waals surface area contributed by atoms with Crippen molar-refractivity contribution in [1.82, 2.24) is 4.57 Å². The van der Waals surface area contributed by atoms with Crippen LogP contribution in [0.4, 0.5) is 0 Å². The van der Waals surface area contributed by atoms with Gasteiger partial charge in [0.1, 0.15) is 0 Å². The summed E-state index contributed by atoms with van der Waals surface area (Å²) in [5.41, 5.74) is 1.93. The summed E-state index contributed by atoms with van der Waals surface area (Å²) in [6.07, 6.45) is 1.99. The lowest BCUT2D eigenvalue weighted by molar-refractivity contribution is 0.101. The highest BCUT2D eigenvalue weighted by molar-refractivity contribution is 5.95. The fourth-order valence-corrected chi connectivity index (χ4v) is 1.51. The number of carbonyl (C=O) groups excluding carboxylic acids is 1. The third-order valence-corrected chi connectivity index (χ3v) is 2.18. The van der Waals surface area contributed by atoms with Crippen LogP contribution in [0.5, 0.6) is 0 Å². The fourth-order valence-electron chi connectivity index (χ4n) is 1.51. The van der Waals surface area contributed by atoms with Crippen molar-refractivity contribution in [2.45, 2.75) is 34.2 Å². The summed E-state index contributed by atoms with van der Waals surface area (Å²) in [7, 11) is 0. The maximum atomic E-state index is 11.2. The van der Waals surface area contributed by atoms with Crippen LogP contribution < -0.4 is 0 Å². The molecule has 0 aliphatic carbocycles. The summed E-state index contributed by atoms with van der Waals surface area (Å²) in [6.45, 7) is 8.94. The van der Waals surface area contributed by atoms with Crippen LogP contribution in [-0.2, 0) is 6.54 Å². The Bertz CT molecular complexity index is 310. The van der Waals surface area contributed by atoms with E-state index < -0.39 is 0 Å². The fraction of sp³-hybridized carbons (Fsp3) is 0.545. The number of rotatable bonds is 3. The van der Waals surface area contributed by atoms with Gasteiger partial charge in [-0.1, -0.05) is 13.8 Å². The second-order valence-corrected chi connectivity index (χ2v) is 3.92. The van der Waals surface area contributed by atoms with Gasteiger partial charge in [-0.05, 0) is 25.8 Å². The van der Waals surface area contributed by atoms with Crippen LogP contribution in [0.25, 0.3) is 0 Å². The molecule has 0 aromatic carbocycles. The lowest BCUT2D eigenvalue weighted by Gasteiger charge is -2.09. The van der Waals surface area contributed by atoms with E-state index in [1.54, 1.807) is 6.92 Å². The summed E-state index contributed by atoms with van der Waals surface area (Å²) in [4.78, 5) is 11.2. The van der Waals surface area contributed by atoms with Gasteiger partial charge in [0.05, 0.1) is 0 Å². The van der Waals surface area contributed by atoms with Crippen molar-refractivity contribution >= 4 is 5.78 Å². The predicted molar refractivity (Wildman–Crippen MR) is 54.0 cm³/mol. The molecule has 0 radical (unpaired) electrons. The van der Waals surface area contributed by atoms with Crippen LogP contribution in [-0.4, -0.2) is 10.4 Å². The summed E-state index contributed by atoms with van der Waals surface area (Å²) in [5.74, 6) is 0.769. The minimum absolute atomic E-state index is 0.153. The second kappa shape index (κ2) is 3.77. The Balaban J connectivity index is 2.93. The van der Waals surface area contributed by atoms with E-state index in [1.165, 1.54) is 0 Å². The van der Waals surface area contributed by atoms with E-state index in [1.807, 2.05) is 19.2 Å². The van der Waals surface area contributed by atoms with Crippen LogP contribution >= 0.6 is 0 Å². The molecule has 72 valence electrons. The zero-order chi connectivity index (χ0) is 10.0. The molecule has 0 saturated heterocycles. The van der Waals surface area contributed by atoms with Crippen LogP contribution in [0.15, 0.2) is 12.3 Å². The van der Waals surface area contributed by atoms with E-state index in [-0.39, 0.29) is 5.78 Å². The molecule has 0 spiro atoms. The van der Waals surface area contributed by atoms with Crippen LogP contribution in [0, 0.1) is 12.8 Å². The number of nitrogens with zero attached hydrogens (tertiary/aromatic N) is 1. The number of ketones is 1. The Morgan fingerprint density at radius 3 is 2.54 bits per heavy atom. The Kier molecular flexibility index (Phi) is 2.91. The molecule has 0 atom stereocenters. The average Bonchev–Trinajstić information content (AvgIpc) is 2.32. The first-order valence-electron chi connectivity index (χ1n) is 4.69. The second-order valence-electron chi connectivity index (χ2n) is 3.92. The molecule has 0 bridgehead atoms. The lowest BCUT2D eigenvalue weighted by Crippen LogP contribution is -2.06. The molecule has 0 unspecified atom stereocenters. The summed E-state index contributed by atoms with van der Waals surface area (Å²) < 4.78 is 2.14. The molecular formula is C11H17NO. The minimum Gasteiger partial charge on any atom is -0.351 e. The third kappa shape index (κ3) is 2.20. The van der Waals surface area contributed by atoms with Gasteiger partial charge < -0.3 is 4.57 Å². The highest BCUT2D eigenvalue weighted by atomic mass is 16.1. The van der Waals surface area contributed by atoms with Gasteiger partial charge in [-0.15, -0.1) is 0 Å². The highest BCUT2D eigenvalue weighted by Crippen LogP contribution is 2.12. The zero-order valence-corrected chi connectivity index (χ0v) is 8.79. The zero-order valence-electron chi connectivity index (χ0n) is 8.79. The van der Waals surface area contributed by atoms with Crippen molar-refractivity contribution in [3.63, 3.8) is 0 Å². The van der Waals surface area contributed by atoms with E-state index in [9.17, 15) is 4.79 Å². The van der Waals surface area contributed by atoms with Gasteiger partial charge in [0.15, 0.2) is 5.78 Å². The Labute approximate surface area is 79.6 Å². The van der Waals surface area contributed by atoms with Gasteiger partial charge in [-0.25, -0.2) is 0 Å². The Hall–Kier alpha value is -1.05. The van der Waals surface area contributed by atoms with E-state index in [0.29, 0.717) is 5.92 Å². The molecule has 0 amide bonds.